The molecule has 146 valence electrons. The van der Waals surface area contributed by atoms with Gasteiger partial charge in [-0.15, -0.1) is 12.4 Å². The van der Waals surface area contributed by atoms with Gasteiger partial charge in [0.2, 0.25) is 5.91 Å². The first-order valence-corrected chi connectivity index (χ1v) is 8.96. The van der Waals surface area contributed by atoms with Gasteiger partial charge in [0, 0.05) is 43.6 Å². The Hall–Kier alpha value is -2.15. The molecule has 1 amide bonds. The van der Waals surface area contributed by atoms with Crippen LogP contribution in [0.5, 0.6) is 5.75 Å². The number of nitrogens with zero attached hydrogens (tertiary/aromatic N) is 2. The van der Waals surface area contributed by atoms with Crippen LogP contribution >= 0.6 is 12.4 Å². The van der Waals surface area contributed by atoms with Crippen molar-refractivity contribution < 1.29 is 9.53 Å². The molecule has 2 atom stereocenters. The number of amides is 1. The first-order valence-electron chi connectivity index (χ1n) is 8.96. The minimum absolute atomic E-state index is 0. The summed E-state index contributed by atoms with van der Waals surface area (Å²) in [6.45, 7) is 4.87. The smallest absolute Gasteiger partial charge is 0.234 e. The van der Waals surface area contributed by atoms with E-state index in [1.807, 2.05) is 43.5 Å². The van der Waals surface area contributed by atoms with Gasteiger partial charge in [-0.05, 0) is 24.6 Å². The highest BCUT2D eigenvalue weighted by molar-refractivity contribution is 5.85. The number of rotatable bonds is 6. The predicted molar refractivity (Wildman–Crippen MR) is 108 cm³/mol. The third kappa shape index (κ3) is 5.42. The summed E-state index contributed by atoms with van der Waals surface area (Å²) in [5.41, 5.74) is 2.11. The molecular formula is C20H27ClN4O2. The minimum Gasteiger partial charge on any atom is -0.496 e. The second kappa shape index (κ2) is 10.3. The van der Waals surface area contributed by atoms with Crippen molar-refractivity contribution in [3.05, 3.63) is 59.9 Å². The topological polar surface area (TPSA) is 66.5 Å². The second-order valence-corrected chi connectivity index (χ2v) is 6.51. The Kier molecular flexibility index (Phi) is 8.03. The van der Waals surface area contributed by atoms with Crippen molar-refractivity contribution in [2.24, 2.45) is 0 Å². The normalized spacial score (nSPS) is 18.2. The van der Waals surface area contributed by atoms with Crippen LogP contribution in [0.3, 0.4) is 0 Å². The van der Waals surface area contributed by atoms with E-state index in [0.29, 0.717) is 6.54 Å². The van der Waals surface area contributed by atoms with E-state index in [0.717, 1.165) is 36.5 Å². The average Bonchev–Trinajstić information content (AvgIpc) is 2.69. The summed E-state index contributed by atoms with van der Waals surface area (Å²) >= 11 is 0. The Labute approximate surface area is 166 Å². The van der Waals surface area contributed by atoms with Gasteiger partial charge in [0.1, 0.15) is 5.75 Å². The number of aromatic nitrogens is 1. The van der Waals surface area contributed by atoms with Crippen LogP contribution in [-0.2, 0) is 4.79 Å². The van der Waals surface area contributed by atoms with Crippen molar-refractivity contribution in [3.63, 3.8) is 0 Å². The fourth-order valence-electron chi connectivity index (χ4n) is 3.41. The summed E-state index contributed by atoms with van der Waals surface area (Å²) in [6, 6.07) is 11.8. The van der Waals surface area contributed by atoms with Gasteiger partial charge in [0.05, 0.1) is 19.7 Å². The average molecular weight is 391 g/mol. The van der Waals surface area contributed by atoms with Crippen molar-refractivity contribution in [1.82, 2.24) is 20.5 Å². The maximum Gasteiger partial charge on any atom is 0.234 e. The monoisotopic (exact) mass is 390 g/mol. The molecule has 6 nitrogen and oxygen atoms in total. The molecule has 2 aromatic rings. The van der Waals surface area contributed by atoms with Gasteiger partial charge >= 0.3 is 0 Å². The van der Waals surface area contributed by atoms with Crippen molar-refractivity contribution in [3.8, 4) is 5.75 Å². The number of benzene rings is 1. The largest absolute Gasteiger partial charge is 0.496 e. The fourth-order valence-corrected chi connectivity index (χ4v) is 3.41. The van der Waals surface area contributed by atoms with E-state index >= 15 is 0 Å². The molecule has 1 aliphatic rings. The number of para-hydroxylation sites is 1. The summed E-state index contributed by atoms with van der Waals surface area (Å²) in [5.74, 6) is 0.801. The van der Waals surface area contributed by atoms with Crippen LogP contribution < -0.4 is 15.4 Å². The molecule has 1 fully saturated rings. The number of pyridine rings is 1. The van der Waals surface area contributed by atoms with Crippen LogP contribution in [0.15, 0.2) is 48.8 Å². The molecule has 7 heteroatoms. The van der Waals surface area contributed by atoms with E-state index in [4.69, 9.17) is 4.74 Å². The summed E-state index contributed by atoms with van der Waals surface area (Å²) < 4.78 is 5.40. The molecule has 0 aliphatic carbocycles. The Morgan fingerprint density at radius 2 is 2.19 bits per heavy atom. The van der Waals surface area contributed by atoms with Crippen molar-refractivity contribution in [2.45, 2.75) is 19.0 Å². The first-order chi connectivity index (χ1) is 12.7. The van der Waals surface area contributed by atoms with Crippen LogP contribution in [0, 0.1) is 0 Å². The number of carbonyl (C=O) groups excluding carboxylic acids is 1. The second-order valence-electron chi connectivity index (χ2n) is 6.51. The zero-order valence-electron chi connectivity index (χ0n) is 15.7. The summed E-state index contributed by atoms with van der Waals surface area (Å²) in [4.78, 5) is 19.1. The van der Waals surface area contributed by atoms with Gasteiger partial charge in [-0.25, -0.2) is 0 Å². The van der Waals surface area contributed by atoms with E-state index in [1.165, 1.54) is 0 Å². The minimum atomic E-state index is -0.113. The third-order valence-corrected chi connectivity index (χ3v) is 4.75. The summed E-state index contributed by atoms with van der Waals surface area (Å²) in [6.07, 6.45) is 3.64. The summed E-state index contributed by atoms with van der Waals surface area (Å²) in [7, 11) is 1.65. The molecule has 0 spiro atoms. The highest BCUT2D eigenvalue weighted by atomic mass is 35.5. The van der Waals surface area contributed by atoms with Crippen molar-refractivity contribution in [2.75, 3.05) is 33.3 Å². The number of methoxy groups -OCH3 is 1. The van der Waals surface area contributed by atoms with Gasteiger partial charge in [-0.2, -0.15) is 0 Å². The van der Waals surface area contributed by atoms with Crippen LogP contribution in [0.2, 0.25) is 0 Å². The fraction of sp³-hybridized carbons (Fsp3) is 0.400. The SMILES string of the molecule is COc1ccccc1C(C)NC(=O)CN1CCNCC1c1cccnc1.Cl. The lowest BCUT2D eigenvalue weighted by Crippen LogP contribution is -2.49. The molecule has 3 rings (SSSR count). The Morgan fingerprint density at radius 3 is 2.93 bits per heavy atom. The molecule has 0 bridgehead atoms. The lowest BCUT2D eigenvalue weighted by Gasteiger charge is -2.36. The highest BCUT2D eigenvalue weighted by Gasteiger charge is 2.26. The Morgan fingerprint density at radius 1 is 1.37 bits per heavy atom. The number of piperazine rings is 1. The van der Waals surface area contributed by atoms with Crippen LogP contribution in [0.25, 0.3) is 0 Å². The van der Waals surface area contributed by atoms with Crippen LogP contribution in [-0.4, -0.2) is 49.1 Å². The number of hydrogen-bond donors (Lipinski definition) is 2. The van der Waals surface area contributed by atoms with Gasteiger partial charge in [0.15, 0.2) is 0 Å². The molecular weight excluding hydrogens is 364 g/mol. The lowest BCUT2D eigenvalue weighted by atomic mass is 10.0. The molecule has 2 unspecified atom stereocenters. The maximum atomic E-state index is 12.6. The van der Waals surface area contributed by atoms with Crippen molar-refractivity contribution >= 4 is 18.3 Å². The number of carbonyl (C=O) groups is 1. The van der Waals surface area contributed by atoms with Crippen LogP contribution in [0.4, 0.5) is 0 Å². The molecule has 2 N–H and O–H groups in total. The summed E-state index contributed by atoms with van der Waals surface area (Å²) in [5, 5.41) is 6.49. The quantitative estimate of drug-likeness (QED) is 0.792. The van der Waals surface area contributed by atoms with E-state index in [-0.39, 0.29) is 30.4 Å². The molecule has 1 saturated heterocycles. The standard InChI is InChI=1S/C20H26N4O2.ClH/c1-15(17-7-3-4-8-19(17)26-2)23-20(25)14-24-11-10-22-13-18(24)16-6-5-9-21-12-16;/h3-9,12,15,18,22H,10-11,13-14H2,1-2H3,(H,23,25);1H. The number of halogens is 1. The Balaban J connectivity index is 0.00000261. The zero-order valence-corrected chi connectivity index (χ0v) is 16.5. The molecule has 2 heterocycles. The third-order valence-electron chi connectivity index (χ3n) is 4.75. The number of ether oxygens (including phenoxy) is 1. The molecule has 1 aromatic heterocycles. The van der Waals surface area contributed by atoms with Gasteiger partial charge in [-0.3, -0.25) is 14.7 Å². The number of nitrogens with one attached hydrogen (secondary N) is 2. The van der Waals surface area contributed by atoms with Gasteiger partial charge < -0.3 is 15.4 Å². The predicted octanol–water partition coefficient (Wildman–Crippen LogP) is 2.34. The van der Waals surface area contributed by atoms with Gasteiger partial charge in [-0.1, -0.05) is 24.3 Å². The van der Waals surface area contributed by atoms with E-state index in [9.17, 15) is 4.79 Å². The zero-order chi connectivity index (χ0) is 18.4. The molecule has 1 aliphatic heterocycles. The van der Waals surface area contributed by atoms with Crippen LogP contribution in [0.1, 0.15) is 30.1 Å². The van der Waals surface area contributed by atoms with Crippen molar-refractivity contribution in [1.29, 1.82) is 0 Å². The van der Waals surface area contributed by atoms with Gasteiger partial charge in [0.25, 0.3) is 0 Å². The highest BCUT2D eigenvalue weighted by Crippen LogP contribution is 2.25. The molecule has 1 aromatic carbocycles. The molecule has 27 heavy (non-hydrogen) atoms. The number of hydrogen-bond acceptors (Lipinski definition) is 5. The molecule has 0 saturated carbocycles. The maximum absolute atomic E-state index is 12.6. The van der Waals surface area contributed by atoms with E-state index in [2.05, 4.69) is 26.6 Å². The van der Waals surface area contributed by atoms with E-state index in [1.54, 1.807) is 13.3 Å². The Bertz CT molecular complexity index is 729. The van der Waals surface area contributed by atoms with E-state index < -0.39 is 0 Å². The first kappa shape index (κ1) is 21.2. The lowest BCUT2D eigenvalue weighted by molar-refractivity contribution is -0.123. The molecule has 0 radical (unpaired) electrons.